The van der Waals surface area contributed by atoms with Crippen LogP contribution in [0.4, 0.5) is 5.82 Å². The molecule has 1 fully saturated rings. The molecule has 1 saturated heterocycles. The van der Waals surface area contributed by atoms with Gasteiger partial charge in [0.2, 0.25) is 0 Å². The number of piperidine rings is 1. The summed E-state index contributed by atoms with van der Waals surface area (Å²) >= 11 is 6.15. The number of halogens is 1. The molecule has 0 bridgehead atoms. The quantitative estimate of drug-likeness (QED) is 0.660. The monoisotopic (exact) mass is 354 g/mol. The number of nitrogens with zero attached hydrogens (tertiary/aromatic N) is 4. The number of aromatic nitrogens is 3. The molecule has 0 N–H and O–H groups in total. The van der Waals surface area contributed by atoms with E-state index in [0.717, 1.165) is 46.5 Å². The minimum atomic E-state index is 0.690. The Kier molecular flexibility index (Phi) is 4.16. The molecule has 4 nitrogen and oxygen atoms in total. The summed E-state index contributed by atoms with van der Waals surface area (Å²) in [7, 11) is 0. The molecule has 2 aromatic heterocycles. The number of aryl methyl sites for hydroxylation is 1. The average molecular weight is 355 g/mol. The Labute approximate surface area is 153 Å². The predicted molar refractivity (Wildman–Crippen MR) is 103 cm³/mol. The van der Waals surface area contributed by atoms with Gasteiger partial charge in [0.1, 0.15) is 5.82 Å². The van der Waals surface area contributed by atoms with E-state index in [-0.39, 0.29) is 0 Å². The highest BCUT2D eigenvalue weighted by Crippen LogP contribution is 2.29. The fourth-order valence-electron chi connectivity index (χ4n) is 3.94. The molecule has 3 heterocycles. The predicted octanol–water partition coefficient (Wildman–Crippen LogP) is 4.84. The summed E-state index contributed by atoms with van der Waals surface area (Å²) in [5.41, 5.74) is 3.82. The Morgan fingerprint density at radius 1 is 1.08 bits per heavy atom. The Hall–Kier alpha value is -2.07. The first-order valence-electron chi connectivity index (χ1n) is 8.88. The minimum Gasteiger partial charge on any atom is -0.356 e. The van der Waals surface area contributed by atoms with Gasteiger partial charge in [-0.25, -0.2) is 4.98 Å². The fraction of sp³-hybridized carbons (Fsp3) is 0.400. The molecular formula is C20H23ClN4. The normalized spacial score (nSPS) is 21.0. The van der Waals surface area contributed by atoms with E-state index in [0.29, 0.717) is 11.8 Å². The van der Waals surface area contributed by atoms with E-state index in [4.69, 9.17) is 16.7 Å². The van der Waals surface area contributed by atoms with Crippen LogP contribution in [0, 0.1) is 18.8 Å². The van der Waals surface area contributed by atoms with Gasteiger partial charge in [-0.3, -0.25) is 0 Å². The van der Waals surface area contributed by atoms with Gasteiger partial charge < -0.3 is 4.90 Å². The van der Waals surface area contributed by atoms with Gasteiger partial charge in [-0.1, -0.05) is 37.6 Å². The number of hydrogen-bond acceptors (Lipinski definition) is 3. The molecule has 130 valence electrons. The van der Waals surface area contributed by atoms with Crippen LogP contribution in [-0.4, -0.2) is 27.7 Å². The van der Waals surface area contributed by atoms with E-state index < -0.39 is 0 Å². The zero-order valence-corrected chi connectivity index (χ0v) is 15.7. The first-order valence-corrected chi connectivity index (χ1v) is 9.25. The van der Waals surface area contributed by atoms with Gasteiger partial charge in [0.05, 0.1) is 5.69 Å². The van der Waals surface area contributed by atoms with E-state index in [1.54, 1.807) is 0 Å². The lowest BCUT2D eigenvalue weighted by molar-refractivity contribution is 0.354. The molecule has 2 atom stereocenters. The summed E-state index contributed by atoms with van der Waals surface area (Å²) in [6, 6.07) is 12.0. The summed E-state index contributed by atoms with van der Waals surface area (Å²) in [5.74, 6) is 2.51. The molecule has 0 amide bonds. The number of rotatable bonds is 2. The second-order valence-electron chi connectivity index (χ2n) is 7.42. The molecule has 3 aromatic rings. The van der Waals surface area contributed by atoms with E-state index >= 15 is 0 Å². The van der Waals surface area contributed by atoms with Gasteiger partial charge in [-0.2, -0.15) is 9.61 Å². The van der Waals surface area contributed by atoms with Gasteiger partial charge in [-0.05, 0) is 37.3 Å². The average Bonchev–Trinajstić information content (AvgIpc) is 2.97. The molecule has 5 heteroatoms. The second kappa shape index (κ2) is 6.34. The highest BCUT2D eigenvalue weighted by Gasteiger charge is 2.24. The van der Waals surface area contributed by atoms with Crippen LogP contribution in [0.2, 0.25) is 5.02 Å². The van der Waals surface area contributed by atoms with Crippen molar-refractivity contribution in [3.05, 3.63) is 47.1 Å². The third kappa shape index (κ3) is 3.23. The smallest absolute Gasteiger partial charge is 0.158 e. The third-order valence-electron chi connectivity index (χ3n) is 4.85. The maximum Gasteiger partial charge on any atom is 0.158 e. The number of anilines is 1. The van der Waals surface area contributed by atoms with E-state index in [1.807, 2.05) is 41.8 Å². The molecule has 4 rings (SSSR count). The second-order valence-corrected chi connectivity index (χ2v) is 7.85. The molecule has 0 aliphatic carbocycles. The lowest BCUT2D eigenvalue weighted by Gasteiger charge is -2.36. The number of hydrogen-bond donors (Lipinski definition) is 0. The fourth-order valence-corrected chi connectivity index (χ4v) is 4.13. The Morgan fingerprint density at radius 2 is 1.84 bits per heavy atom. The highest BCUT2D eigenvalue weighted by atomic mass is 35.5. The SMILES string of the molecule is Cc1cc(N2C[C@H](C)C[C@@H](C)C2)n2nc(-c3cccc(Cl)c3)cc2n1. The van der Waals surface area contributed by atoms with Crippen LogP contribution in [-0.2, 0) is 0 Å². The van der Waals surface area contributed by atoms with Crippen LogP contribution in [0.25, 0.3) is 16.9 Å². The molecule has 1 aromatic carbocycles. The maximum atomic E-state index is 6.15. The molecule has 1 aliphatic rings. The molecule has 0 unspecified atom stereocenters. The molecule has 0 spiro atoms. The topological polar surface area (TPSA) is 33.4 Å². The van der Waals surface area contributed by atoms with Crippen LogP contribution in [0.3, 0.4) is 0 Å². The van der Waals surface area contributed by atoms with Gasteiger partial charge in [-0.15, -0.1) is 0 Å². The van der Waals surface area contributed by atoms with Crippen molar-refractivity contribution in [3.8, 4) is 11.3 Å². The molecule has 0 radical (unpaired) electrons. The zero-order valence-electron chi connectivity index (χ0n) is 14.9. The van der Waals surface area contributed by atoms with Gasteiger partial charge in [0.25, 0.3) is 0 Å². The minimum absolute atomic E-state index is 0.690. The summed E-state index contributed by atoms with van der Waals surface area (Å²) in [5, 5.41) is 5.56. The van der Waals surface area contributed by atoms with Crippen molar-refractivity contribution in [2.24, 2.45) is 11.8 Å². The van der Waals surface area contributed by atoms with Crippen LogP contribution >= 0.6 is 11.6 Å². The first-order chi connectivity index (χ1) is 12.0. The van der Waals surface area contributed by atoms with Crippen LogP contribution in [0.5, 0.6) is 0 Å². The molecule has 25 heavy (non-hydrogen) atoms. The summed E-state index contributed by atoms with van der Waals surface area (Å²) in [6.07, 6.45) is 1.29. The zero-order chi connectivity index (χ0) is 17.6. The molecule has 0 saturated carbocycles. The molecular weight excluding hydrogens is 332 g/mol. The van der Waals surface area contributed by atoms with Crippen molar-refractivity contribution in [1.29, 1.82) is 0 Å². The highest BCUT2D eigenvalue weighted by molar-refractivity contribution is 6.30. The van der Waals surface area contributed by atoms with Crippen molar-refractivity contribution in [1.82, 2.24) is 14.6 Å². The van der Waals surface area contributed by atoms with Crippen molar-refractivity contribution < 1.29 is 0 Å². The third-order valence-corrected chi connectivity index (χ3v) is 5.08. The van der Waals surface area contributed by atoms with E-state index in [2.05, 4.69) is 29.8 Å². The standard InChI is InChI=1S/C20H23ClN4/c1-13-7-14(2)12-24(11-13)20-8-15(3)22-19-10-18(23-25(19)20)16-5-4-6-17(21)9-16/h4-6,8-10,13-14H,7,11-12H2,1-3H3/t13-,14-/m1/s1. The van der Waals surface area contributed by atoms with Gasteiger partial charge in [0.15, 0.2) is 5.65 Å². The Bertz CT molecular complexity index is 907. The van der Waals surface area contributed by atoms with Crippen LogP contribution in [0.1, 0.15) is 26.0 Å². The van der Waals surface area contributed by atoms with Crippen molar-refractivity contribution >= 4 is 23.1 Å². The number of fused-ring (bicyclic) bond motifs is 1. The lowest BCUT2D eigenvalue weighted by Crippen LogP contribution is -2.39. The van der Waals surface area contributed by atoms with Gasteiger partial charge >= 0.3 is 0 Å². The van der Waals surface area contributed by atoms with Crippen LogP contribution in [0.15, 0.2) is 36.4 Å². The summed E-state index contributed by atoms with van der Waals surface area (Å²) < 4.78 is 1.98. The summed E-state index contributed by atoms with van der Waals surface area (Å²) in [4.78, 5) is 7.13. The number of benzene rings is 1. The largest absolute Gasteiger partial charge is 0.356 e. The van der Waals surface area contributed by atoms with Crippen molar-refractivity contribution in [2.45, 2.75) is 27.2 Å². The lowest BCUT2D eigenvalue weighted by atomic mass is 9.92. The van der Waals surface area contributed by atoms with Crippen molar-refractivity contribution in [2.75, 3.05) is 18.0 Å². The Balaban J connectivity index is 1.82. The van der Waals surface area contributed by atoms with Gasteiger partial charge in [0, 0.05) is 41.5 Å². The summed E-state index contributed by atoms with van der Waals surface area (Å²) in [6.45, 7) is 8.83. The van der Waals surface area contributed by atoms with E-state index in [1.165, 1.54) is 6.42 Å². The van der Waals surface area contributed by atoms with Crippen LogP contribution < -0.4 is 4.90 Å². The first kappa shape index (κ1) is 16.4. The molecule has 1 aliphatic heterocycles. The maximum absolute atomic E-state index is 6.15. The van der Waals surface area contributed by atoms with Crippen molar-refractivity contribution in [3.63, 3.8) is 0 Å². The van der Waals surface area contributed by atoms with E-state index in [9.17, 15) is 0 Å². The Morgan fingerprint density at radius 3 is 2.56 bits per heavy atom.